The second kappa shape index (κ2) is 10.8. The molecule has 0 amide bonds. The summed E-state index contributed by atoms with van der Waals surface area (Å²) in [5, 5.41) is 10.2. The van der Waals surface area contributed by atoms with Crippen molar-refractivity contribution in [3.63, 3.8) is 0 Å². The van der Waals surface area contributed by atoms with Gasteiger partial charge in [0, 0.05) is 36.1 Å². The fourth-order valence-corrected chi connectivity index (χ4v) is 6.08. The van der Waals surface area contributed by atoms with Crippen LogP contribution in [0.3, 0.4) is 0 Å². The van der Waals surface area contributed by atoms with Gasteiger partial charge in [-0.25, -0.2) is 13.2 Å². The first-order valence-corrected chi connectivity index (χ1v) is 13.4. The molecule has 1 fully saturated rings. The molecule has 1 saturated heterocycles. The number of ether oxygens (including phenoxy) is 2. The number of aliphatic carboxylic acids is 1. The highest BCUT2D eigenvalue weighted by Gasteiger charge is 2.34. The maximum atomic E-state index is 13.3. The van der Waals surface area contributed by atoms with Crippen molar-refractivity contribution < 1.29 is 32.6 Å². The maximum absolute atomic E-state index is 13.3. The first-order chi connectivity index (χ1) is 17.6. The van der Waals surface area contributed by atoms with Crippen molar-refractivity contribution >= 4 is 32.9 Å². The molecule has 2 heterocycles. The molecular weight excluding hydrogens is 496 g/mol. The normalized spacial score (nSPS) is 16.2. The van der Waals surface area contributed by atoms with Gasteiger partial charge in [0.05, 0.1) is 16.6 Å². The number of hydrogen-bond donors (Lipinski definition) is 1. The van der Waals surface area contributed by atoms with Gasteiger partial charge in [0.25, 0.3) is 0 Å². The molecule has 0 aliphatic carbocycles. The zero-order valence-electron chi connectivity index (χ0n) is 20.8. The monoisotopic (exact) mass is 526 g/mol. The third-order valence-corrected chi connectivity index (χ3v) is 8.09. The van der Waals surface area contributed by atoms with Gasteiger partial charge in [0.1, 0.15) is 18.9 Å². The fraction of sp³-hybridized carbons (Fsp3) is 0.333. The Bertz CT molecular complexity index is 1420. The number of nitrogens with zero attached hydrogens (tertiary/aromatic N) is 2. The second-order valence-corrected chi connectivity index (χ2v) is 11.1. The molecule has 3 aromatic rings. The maximum Gasteiger partial charge on any atom is 0.338 e. The van der Waals surface area contributed by atoms with Crippen LogP contribution >= 0.6 is 0 Å². The van der Waals surface area contributed by atoms with E-state index in [-0.39, 0.29) is 36.6 Å². The van der Waals surface area contributed by atoms with E-state index in [0.29, 0.717) is 29.8 Å². The van der Waals surface area contributed by atoms with Crippen molar-refractivity contribution in [3.8, 4) is 5.75 Å². The number of carboxylic acids is 1. The summed E-state index contributed by atoms with van der Waals surface area (Å²) in [6.45, 7) is 7.71. The minimum atomic E-state index is -3.71. The van der Waals surface area contributed by atoms with Crippen LogP contribution in [0.15, 0.2) is 66.2 Å². The predicted octanol–water partition coefficient (Wildman–Crippen LogP) is 4.03. The zero-order valence-corrected chi connectivity index (χ0v) is 21.6. The Morgan fingerprint density at radius 1 is 1.19 bits per heavy atom. The van der Waals surface area contributed by atoms with Crippen LogP contribution in [0.1, 0.15) is 42.1 Å². The molecule has 1 N–H and O–H groups in total. The van der Waals surface area contributed by atoms with Crippen LogP contribution in [-0.2, 0) is 26.1 Å². The molecule has 1 aliphatic rings. The topological polar surface area (TPSA) is 115 Å². The van der Waals surface area contributed by atoms with E-state index in [1.807, 2.05) is 13.8 Å². The number of sulfonamides is 1. The summed E-state index contributed by atoms with van der Waals surface area (Å²) >= 11 is 0. The second-order valence-electron chi connectivity index (χ2n) is 9.21. The number of carbonyl (C=O) groups is 2. The summed E-state index contributed by atoms with van der Waals surface area (Å²) in [7, 11) is -3.71. The first kappa shape index (κ1) is 26.4. The minimum Gasteiger partial charge on any atom is -0.491 e. The van der Waals surface area contributed by atoms with Crippen molar-refractivity contribution in [2.45, 2.75) is 43.7 Å². The van der Waals surface area contributed by atoms with Crippen LogP contribution in [0.2, 0.25) is 0 Å². The molecule has 0 radical (unpaired) electrons. The number of aromatic nitrogens is 1. The Morgan fingerprint density at radius 2 is 1.92 bits per heavy atom. The third-order valence-electron chi connectivity index (χ3n) is 6.21. The van der Waals surface area contributed by atoms with Gasteiger partial charge >= 0.3 is 11.9 Å². The minimum absolute atomic E-state index is 0.0149. The van der Waals surface area contributed by atoms with Crippen molar-refractivity contribution in [1.29, 1.82) is 0 Å². The Hall–Kier alpha value is -3.63. The number of carboxylic acid groups (broad SMARTS) is 1. The highest BCUT2D eigenvalue weighted by atomic mass is 32.2. The molecule has 196 valence electrons. The Morgan fingerprint density at radius 3 is 2.57 bits per heavy atom. The molecule has 1 aliphatic heterocycles. The number of esters is 1. The molecule has 37 heavy (non-hydrogen) atoms. The summed E-state index contributed by atoms with van der Waals surface area (Å²) in [5.74, 6) is -1.08. The molecule has 10 heteroatoms. The van der Waals surface area contributed by atoms with E-state index in [1.54, 1.807) is 53.2 Å². The van der Waals surface area contributed by atoms with E-state index in [9.17, 15) is 23.1 Å². The fourth-order valence-electron chi connectivity index (χ4n) is 4.58. The lowest BCUT2D eigenvalue weighted by atomic mass is 9.97. The van der Waals surface area contributed by atoms with Crippen LogP contribution in [0.25, 0.3) is 10.9 Å². The van der Waals surface area contributed by atoms with Gasteiger partial charge in [0.2, 0.25) is 10.0 Å². The third kappa shape index (κ3) is 5.70. The number of fused-ring (bicyclic) bond motifs is 1. The van der Waals surface area contributed by atoms with Crippen LogP contribution in [0.5, 0.6) is 5.75 Å². The smallest absolute Gasteiger partial charge is 0.338 e. The van der Waals surface area contributed by atoms with Gasteiger partial charge in [-0.1, -0.05) is 18.7 Å². The van der Waals surface area contributed by atoms with E-state index in [2.05, 4.69) is 6.58 Å². The van der Waals surface area contributed by atoms with Crippen LogP contribution < -0.4 is 4.74 Å². The summed E-state index contributed by atoms with van der Waals surface area (Å²) in [6.07, 6.45) is 3.79. The highest BCUT2D eigenvalue weighted by molar-refractivity contribution is 7.89. The van der Waals surface area contributed by atoms with Crippen molar-refractivity contribution in [2.75, 3.05) is 19.7 Å². The van der Waals surface area contributed by atoms with Gasteiger partial charge in [-0.3, -0.25) is 4.79 Å². The first-order valence-electron chi connectivity index (χ1n) is 12.0. The van der Waals surface area contributed by atoms with E-state index in [1.165, 1.54) is 10.4 Å². The van der Waals surface area contributed by atoms with Crippen LogP contribution in [0, 0.1) is 0 Å². The largest absolute Gasteiger partial charge is 0.491 e. The number of hydrogen-bond acceptors (Lipinski definition) is 6. The van der Waals surface area contributed by atoms with Gasteiger partial charge in [0.15, 0.2) is 0 Å². The lowest BCUT2D eigenvalue weighted by Gasteiger charge is -2.17. The van der Waals surface area contributed by atoms with Crippen molar-refractivity contribution in [3.05, 3.63) is 72.4 Å². The van der Waals surface area contributed by atoms with Crippen molar-refractivity contribution in [2.24, 2.45) is 0 Å². The Kier molecular flexibility index (Phi) is 7.70. The standard InChI is InChI=1S/C27H30N2O7S/c1-4-13-35-27(32)19-5-10-23-24(16-28(17-26(30)31)25(23)14-19)20-11-12-29(15-20)37(33,34)22-8-6-21(7-9-22)36-18(2)3/h4-10,14,16,18,20H,1,11-13,15,17H2,2-3H3,(H,30,31). The van der Waals surface area contributed by atoms with E-state index in [0.717, 1.165) is 10.9 Å². The van der Waals surface area contributed by atoms with Crippen LogP contribution in [-0.4, -0.2) is 60.1 Å². The molecule has 1 unspecified atom stereocenters. The molecule has 9 nitrogen and oxygen atoms in total. The average molecular weight is 527 g/mol. The average Bonchev–Trinajstić information content (AvgIpc) is 3.48. The molecule has 0 bridgehead atoms. The van der Waals surface area contributed by atoms with Gasteiger partial charge in [-0.05, 0) is 62.2 Å². The quantitative estimate of drug-likeness (QED) is 0.313. The predicted molar refractivity (Wildman–Crippen MR) is 138 cm³/mol. The highest BCUT2D eigenvalue weighted by Crippen LogP contribution is 2.36. The van der Waals surface area contributed by atoms with Crippen molar-refractivity contribution in [1.82, 2.24) is 8.87 Å². The molecular formula is C27H30N2O7S. The van der Waals surface area contributed by atoms with Crippen LogP contribution in [0.4, 0.5) is 0 Å². The molecule has 2 aromatic carbocycles. The Labute approximate surface area is 216 Å². The summed E-state index contributed by atoms with van der Waals surface area (Å²) < 4.78 is 40.4. The van der Waals surface area contributed by atoms with E-state index >= 15 is 0 Å². The Balaban J connectivity index is 1.60. The molecule has 1 aromatic heterocycles. The lowest BCUT2D eigenvalue weighted by molar-refractivity contribution is -0.137. The van der Waals surface area contributed by atoms with Gasteiger partial charge < -0.3 is 19.1 Å². The van der Waals surface area contributed by atoms with E-state index < -0.39 is 22.0 Å². The molecule has 4 rings (SSSR count). The summed E-state index contributed by atoms with van der Waals surface area (Å²) in [4.78, 5) is 24.0. The summed E-state index contributed by atoms with van der Waals surface area (Å²) in [6, 6.07) is 11.4. The van der Waals surface area contributed by atoms with E-state index in [4.69, 9.17) is 9.47 Å². The lowest BCUT2D eigenvalue weighted by Crippen LogP contribution is -2.28. The zero-order chi connectivity index (χ0) is 26.7. The number of benzene rings is 2. The summed E-state index contributed by atoms with van der Waals surface area (Å²) in [5.41, 5.74) is 1.72. The molecule has 0 spiro atoms. The number of carbonyl (C=O) groups excluding carboxylic acids is 1. The molecule has 1 atom stereocenters. The van der Waals surface area contributed by atoms with Gasteiger partial charge in [-0.2, -0.15) is 4.31 Å². The number of rotatable bonds is 10. The molecule has 0 saturated carbocycles. The SMILES string of the molecule is C=CCOC(=O)c1ccc2c(C3CCN(S(=O)(=O)c4ccc(OC(C)C)cc4)C3)cn(CC(=O)O)c2c1. The van der Waals surface area contributed by atoms with Gasteiger partial charge in [-0.15, -0.1) is 0 Å².